The Balaban J connectivity index is 0.00000441. The molecule has 0 spiro atoms. The Kier molecular flexibility index (Phi) is 13.3. The summed E-state index contributed by atoms with van der Waals surface area (Å²) in [6, 6.07) is 8.39. The number of nitrogens with zero attached hydrogens (tertiary/aromatic N) is 1. The van der Waals surface area contributed by atoms with Gasteiger partial charge in [0.05, 0.1) is 0 Å². The molecular weight excluding hydrogens is 389 g/mol. The third-order valence-electron chi connectivity index (χ3n) is 3.33. The zero-order valence-corrected chi connectivity index (χ0v) is 16.4. The van der Waals surface area contributed by atoms with E-state index in [1.54, 1.807) is 7.05 Å². The van der Waals surface area contributed by atoms with Gasteiger partial charge in [-0.25, -0.2) is 0 Å². The van der Waals surface area contributed by atoms with Crippen molar-refractivity contribution in [2.75, 3.05) is 26.8 Å². The van der Waals surface area contributed by atoms with Gasteiger partial charge in [0.15, 0.2) is 5.96 Å². The molecule has 1 rings (SSSR count). The van der Waals surface area contributed by atoms with Crippen LogP contribution in [0.25, 0.3) is 0 Å². The van der Waals surface area contributed by atoms with Gasteiger partial charge in [0.25, 0.3) is 0 Å². The van der Waals surface area contributed by atoms with Gasteiger partial charge in [-0.05, 0) is 30.9 Å². The van der Waals surface area contributed by atoms with Crippen molar-refractivity contribution in [3.05, 3.63) is 35.4 Å². The molecule has 0 aliphatic carbocycles. The molecular formula is C17H30IN3O. The summed E-state index contributed by atoms with van der Waals surface area (Å²) in [5, 5.41) is 6.64. The summed E-state index contributed by atoms with van der Waals surface area (Å²) < 4.78 is 5.53. The van der Waals surface area contributed by atoms with E-state index in [9.17, 15) is 0 Å². The number of aryl methyl sites for hydroxylation is 1. The van der Waals surface area contributed by atoms with E-state index in [2.05, 4.69) is 53.7 Å². The minimum Gasteiger partial charge on any atom is -0.381 e. The van der Waals surface area contributed by atoms with E-state index in [-0.39, 0.29) is 24.0 Å². The van der Waals surface area contributed by atoms with Crippen LogP contribution in [0.1, 0.15) is 37.3 Å². The summed E-state index contributed by atoms with van der Waals surface area (Å²) in [5.74, 6) is 0.840. The molecule has 1 aromatic carbocycles. The van der Waals surface area contributed by atoms with Gasteiger partial charge in [-0.1, -0.05) is 37.6 Å². The summed E-state index contributed by atoms with van der Waals surface area (Å²) >= 11 is 0. The quantitative estimate of drug-likeness (QED) is 0.279. The molecule has 1 aromatic rings. The molecule has 0 bridgehead atoms. The number of unbranched alkanes of at least 4 members (excludes halogenated alkanes) is 1. The van der Waals surface area contributed by atoms with Gasteiger partial charge >= 0.3 is 0 Å². The van der Waals surface area contributed by atoms with Crippen LogP contribution in [0.2, 0.25) is 0 Å². The van der Waals surface area contributed by atoms with Gasteiger partial charge in [0.2, 0.25) is 0 Å². The first kappa shape index (κ1) is 21.2. The van der Waals surface area contributed by atoms with Crippen LogP contribution < -0.4 is 10.6 Å². The van der Waals surface area contributed by atoms with Crippen molar-refractivity contribution in [3.63, 3.8) is 0 Å². The molecule has 0 atom stereocenters. The summed E-state index contributed by atoms with van der Waals surface area (Å²) in [7, 11) is 1.80. The van der Waals surface area contributed by atoms with E-state index < -0.39 is 0 Å². The average molecular weight is 419 g/mol. The maximum absolute atomic E-state index is 5.53. The molecule has 0 fully saturated rings. The molecule has 0 aliphatic rings. The van der Waals surface area contributed by atoms with Crippen molar-refractivity contribution in [3.8, 4) is 0 Å². The average Bonchev–Trinajstić information content (AvgIpc) is 2.51. The van der Waals surface area contributed by atoms with Gasteiger partial charge in [0, 0.05) is 33.4 Å². The number of rotatable bonds is 9. The second kappa shape index (κ2) is 13.8. The van der Waals surface area contributed by atoms with Crippen molar-refractivity contribution in [2.24, 2.45) is 4.99 Å². The zero-order valence-electron chi connectivity index (χ0n) is 14.0. The predicted octanol–water partition coefficient (Wildman–Crippen LogP) is 3.48. The van der Waals surface area contributed by atoms with E-state index in [0.717, 1.165) is 45.1 Å². The Morgan fingerprint density at radius 3 is 2.55 bits per heavy atom. The van der Waals surface area contributed by atoms with Crippen LogP contribution >= 0.6 is 24.0 Å². The highest BCUT2D eigenvalue weighted by molar-refractivity contribution is 14.0. The van der Waals surface area contributed by atoms with Crippen LogP contribution in [0.4, 0.5) is 0 Å². The molecule has 0 radical (unpaired) electrons. The normalized spacial score (nSPS) is 11.0. The lowest BCUT2D eigenvalue weighted by molar-refractivity contribution is 0.129. The number of guanidine groups is 1. The van der Waals surface area contributed by atoms with Crippen molar-refractivity contribution >= 4 is 29.9 Å². The molecule has 0 saturated heterocycles. The smallest absolute Gasteiger partial charge is 0.191 e. The molecule has 2 N–H and O–H groups in total. The molecule has 0 heterocycles. The molecule has 0 unspecified atom stereocenters. The highest BCUT2D eigenvalue weighted by Gasteiger charge is 2.00. The fraction of sp³-hybridized carbons (Fsp3) is 0.588. The maximum Gasteiger partial charge on any atom is 0.191 e. The number of benzene rings is 1. The van der Waals surface area contributed by atoms with Gasteiger partial charge in [-0.15, -0.1) is 24.0 Å². The van der Waals surface area contributed by atoms with E-state index in [4.69, 9.17) is 4.74 Å². The zero-order chi connectivity index (χ0) is 15.3. The molecule has 4 nitrogen and oxygen atoms in total. The minimum absolute atomic E-state index is 0. The molecule has 0 aromatic heterocycles. The Hall–Kier alpha value is -0.820. The van der Waals surface area contributed by atoms with Crippen molar-refractivity contribution in [1.29, 1.82) is 0 Å². The first-order chi connectivity index (χ1) is 10.3. The van der Waals surface area contributed by atoms with Crippen LogP contribution in [0.5, 0.6) is 0 Å². The third-order valence-corrected chi connectivity index (χ3v) is 3.33. The lowest BCUT2D eigenvalue weighted by Gasteiger charge is -2.13. The topological polar surface area (TPSA) is 45.6 Å². The van der Waals surface area contributed by atoms with Gasteiger partial charge in [0.1, 0.15) is 0 Å². The number of ether oxygens (including phenoxy) is 1. The molecule has 0 saturated carbocycles. The summed E-state index contributed by atoms with van der Waals surface area (Å²) in [4.78, 5) is 4.23. The second-order valence-electron chi connectivity index (χ2n) is 5.10. The standard InChI is InChI=1S/C17H29N3O.HI/c1-4-5-12-21-13-8-11-19-17(18-3)20-14-16-10-7-6-9-15(16)2;/h6-7,9-10H,4-5,8,11-14H2,1-3H3,(H2,18,19,20);1H. The Labute approximate surface area is 152 Å². The van der Waals surface area contributed by atoms with E-state index in [0.29, 0.717) is 0 Å². The molecule has 0 aliphatic heterocycles. The van der Waals surface area contributed by atoms with Crippen LogP contribution in [-0.4, -0.2) is 32.8 Å². The summed E-state index contributed by atoms with van der Waals surface area (Å²) in [6.45, 7) is 7.65. The fourth-order valence-electron chi connectivity index (χ4n) is 1.94. The summed E-state index contributed by atoms with van der Waals surface area (Å²) in [5.41, 5.74) is 2.59. The molecule has 126 valence electrons. The van der Waals surface area contributed by atoms with Gasteiger partial charge in [-0.3, -0.25) is 4.99 Å². The lowest BCUT2D eigenvalue weighted by atomic mass is 10.1. The molecule has 22 heavy (non-hydrogen) atoms. The maximum atomic E-state index is 5.53. The number of hydrogen-bond donors (Lipinski definition) is 2. The predicted molar refractivity (Wildman–Crippen MR) is 105 cm³/mol. The molecule has 5 heteroatoms. The van der Waals surface area contributed by atoms with E-state index in [1.165, 1.54) is 17.5 Å². The highest BCUT2D eigenvalue weighted by atomic mass is 127. The Morgan fingerprint density at radius 1 is 1.14 bits per heavy atom. The van der Waals surface area contributed by atoms with Crippen molar-refractivity contribution in [2.45, 2.75) is 39.7 Å². The first-order valence-corrected chi connectivity index (χ1v) is 7.84. The Morgan fingerprint density at radius 2 is 1.86 bits per heavy atom. The molecule has 0 amide bonds. The fourth-order valence-corrected chi connectivity index (χ4v) is 1.94. The number of halogens is 1. The van der Waals surface area contributed by atoms with E-state index in [1.807, 2.05) is 0 Å². The monoisotopic (exact) mass is 419 g/mol. The van der Waals surface area contributed by atoms with Crippen molar-refractivity contribution in [1.82, 2.24) is 10.6 Å². The highest BCUT2D eigenvalue weighted by Crippen LogP contribution is 2.05. The van der Waals surface area contributed by atoms with E-state index >= 15 is 0 Å². The van der Waals surface area contributed by atoms with Crippen molar-refractivity contribution < 1.29 is 4.74 Å². The number of hydrogen-bond acceptors (Lipinski definition) is 2. The van der Waals surface area contributed by atoms with Crippen LogP contribution in [-0.2, 0) is 11.3 Å². The Bertz CT molecular complexity index is 424. The van der Waals surface area contributed by atoms with Crippen LogP contribution in [0.15, 0.2) is 29.3 Å². The summed E-state index contributed by atoms with van der Waals surface area (Å²) in [6.07, 6.45) is 3.33. The number of nitrogens with one attached hydrogen (secondary N) is 2. The van der Waals surface area contributed by atoms with Crippen LogP contribution in [0.3, 0.4) is 0 Å². The largest absolute Gasteiger partial charge is 0.381 e. The number of aliphatic imine (C=N–C) groups is 1. The SMILES string of the molecule is CCCCOCCCNC(=NC)NCc1ccccc1C.I. The third kappa shape index (κ3) is 9.25. The second-order valence-corrected chi connectivity index (χ2v) is 5.10. The van der Waals surface area contributed by atoms with Crippen LogP contribution in [0, 0.1) is 6.92 Å². The minimum atomic E-state index is 0. The van der Waals surface area contributed by atoms with Gasteiger partial charge < -0.3 is 15.4 Å². The lowest BCUT2D eigenvalue weighted by Crippen LogP contribution is -2.37. The first-order valence-electron chi connectivity index (χ1n) is 7.84. The van der Waals surface area contributed by atoms with Gasteiger partial charge in [-0.2, -0.15) is 0 Å².